The Morgan fingerprint density at radius 2 is 1.71 bits per heavy atom. The highest BCUT2D eigenvalue weighted by Gasteiger charge is 2.16. The van der Waals surface area contributed by atoms with Crippen LogP contribution in [0.2, 0.25) is 5.02 Å². The monoisotopic (exact) mass is 364 g/mol. The zero-order valence-corrected chi connectivity index (χ0v) is 15.0. The van der Waals surface area contributed by atoms with Gasteiger partial charge in [-0.05, 0) is 55.3 Å². The lowest BCUT2D eigenvalue weighted by atomic mass is 10.1. The van der Waals surface area contributed by atoms with Crippen molar-refractivity contribution in [2.24, 2.45) is 0 Å². The maximum atomic E-state index is 12.4. The number of rotatable bonds is 6. The van der Waals surface area contributed by atoms with Gasteiger partial charge in [-0.1, -0.05) is 41.9 Å². The van der Waals surface area contributed by atoms with Gasteiger partial charge >= 0.3 is 0 Å². The number of nitrogens with zero attached hydrogens (tertiary/aromatic N) is 1. The summed E-state index contributed by atoms with van der Waals surface area (Å²) in [6, 6.07) is 14.3. The van der Waals surface area contributed by atoms with Crippen LogP contribution in [0.1, 0.15) is 24.0 Å². The summed E-state index contributed by atoms with van der Waals surface area (Å²) in [4.78, 5) is 2.59. The molecule has 0 unspecified atom stereocenters. The van der Waals surface area contributed by atoms with Crippen molar-refractivity contribution in [3.63, 3.8) is 0 Å². The van der Waals surface area contributed by atoms with Crippen LogP contribution in [0.3, 0.4) is 0 Å². The second-order valence-electron chi connectivity index (χ2n) is 6.03. The summed E-state index contributed by atoms with van der Waals surface area (Å²) in [6.07, 6.45) is 2.48. The Bertz CT molecular complexity index is 802. The van der Waals surface area contributed by atoms with Crippen molar-refractivity contribution in [1.82, 2.24) is 9.62 Å². The molecule has 0 radical (unpaired) electrons. The Labute approximate surface area is 148 Å². The fraction of sp³-hybridized carbons (Fsp3) is 0.333. The van der Waals surface area contributed by atoms with Crippen LogP contribution < -0.4 is 4.72 Å². The van der Waals surface area contributed by atoms with Crippen LogP contribution in [-0.2, 0) is 23.1 Å². The third kappa shape index (κ3) is 4.36. The first-order valence-corrected chi connectivity index (χ1v) is 9.95. The molecule has 6 heteroatoms. The average molecular weight is 365 g/mol. The minimum absolute atomic E-state index is 0.187. The van der Waals surface area contributed by atoms with E-state index in [-0.39, 0.29) is 11.4 Å². The van der Waals surface area contributed by atoms with E-state index in [0.29, 0.717) is 5.02 Å². The van der Waals surface area contributed by atoms with E-state index in [1.54, 1.807) is 18.2 Å². The second kappa shape index (κ2) is 7.66. The number of hydrogen-bond donors (Lipinski definition) is 1. The molecular formula is C18H21ClN2O2S. The van der Waals surface area contributed by atoms with E-state index in [0.717, 1.165) is 25.2 Å². The Kier molecular flexibility index (Phi) is 5.56. The fourth-order valence-electron chi connectivity index (χ4n) is 2.96. The quantitative estimate of drug-likeness (QED) is 0.854. The molecule has 1 saturated heterocycles. The molecule has 0 aromatic heterocycles. The molecule has 0 saturated carbocycles. The van der Waals surface area contributed by atoms with Crippen LogP contribution in [0.15, 0.2) is 53.4 Å². The van der Waals surface area contributed by atoms with Gasteiger partial charge in [0, 0.05) is 18.1 Å². The van der Waals surface area contributed by atoms with Crippen LogP contribution in [0.5, 0.6) is 0 Å². The van der Waals surface area contributed by atoms with Gasteiger partial charge in [-0.3, -0.25) is 4.90 Å². The van der Waals surface area contributed by atoms with E-state index in [1.807, 2.05) is 18.2 Å². The molecule has 0 aliphatic carbocycles. The molecule has 24 heavy (non-hydrogen) atoms. The number of sulfonamides is 1. The lowest BCUT2D eigenvalue weighted by Crippen LogP contribution is -2.25. The van der Waals surface area contributed by atoms with Crippen LogP contribution in [-0.4, -0.2) is 26.4 Å². The van der Waals surface area contributed by atoms with Gasteiger partial charge in [-0.25, -0.2) is 13.1 Å². The van der Waals surface area contributed by atoms with Crippen LogP contribution >= 0.6 is 11.6 Å². The normalized spacial score (nSPS) is 15.7. The molecule has 128 valence electrons. The molecule has 2 aromatic carbocycles. The first-order valence-electron chi connectivity index (χ1n) is 8.09. The number of hydrogen-bond acceptors (Lipinski definition) is 3. The predicted octanol–water partition coefficient (Wildman–Crippen LogP) is 3.41. The summed E-state index contributed by atoms with van der Waals surface area (Å²) >= 11 is 5.89. The predicted molar refractivity (Wildman–Crippen MR) is 96.4 cm³/mol. The molecule has 1 N–H and O–H groups in total. The molecule has 1 aliphatic rings. The van der Waals surface area contributed by atoms with Crippen molar-refractivity contribution >= 4 is 21.6 Å². The van der Waals surface area contributed by atoms with Gasteiger partial charge in [0.15, 0.2) is 0 Å². The summed E-state index contributed by atoms with van der Waals surface area (Å²) in [5.74, 6) is 0. The highest BCUT2D eigenvalue weighted by Crippen LogP contribution is 2.18. The average Bonchev–Trinajstić information content (AvgIpc) is 3.07. The number of nitrogens with one attached hydrogen (secondary N) is 1. The third-order valence-electron chi connectivity index (χ3n) is 4.27. The summed E-state index contributed by atoms with van der Waals surface area (Å²) in [5, 5.41) is 0.410. The minimum Gasteiger partial charge on any atom is -0.299 e. The molecule has 2 aromatic rings. The van der Waals surface area contributed by atoms with Crippen molar-refractivity contribution in [2.75, 3.05) is 13.1 Å². The maximum absolute atomic E-state index is 12.4. The van der Waals surface area contributed by atoms with E-state index >= 15 is 0 Å². The summed E-state index contributed by atoms with van der Waals surface area (Å²) in [7, 11) is -3.57. The SMILES string of the molecule is O=S(=O)(NCc1ccccc1CN1CCCC1)c1cccc(Cl)c1. The first kappa shape index (κ1) is 17.4. The topological polar surface area (TPSA) is 49.4 Å². The zero-order chi connectivity index (χ0) is 17.0. The Morgan fingerprint density at radius 1 is 1.00 bits per heavy atom. The van der Waals surface area contributed by atoms with Gasteiger partial charge in [0.25, 0.3) is 0 Å². The first-order chi connectivity index (χ1) is 11.5. The van der Waals surface area contributed by atoms with Crippen LogP contribution in [0, 0.1) is 0 Å². The summed E-state index contributed by atoms with van der Waals surface area (Å²) in [6.45, 7) is 3.37. The number of benzene rings is 2. The smallest absolute Gasteiger partial charge is 0.240 e. The van der Waals surface area contributed by atoms with Crippen molar-refractivity contribution < 1.29 is 8.42 Å². The van der Waals surface area contributed by atoms with E-state index in [1.165, 1.54) is 24.5 Å². The zero-order valence-electron chi connectivity index (χ0n) is 13.4. The van der Waals surface area contributed by atoms with Gasteiger partial charge in [-0.15, -0.1) is 0 Å². The van der Waals surface area contributed by atoms with Gasteiger partial charge in [0.2, 0.25) is 10.0 Å². The Balaban J connectivity index is 1.72. The molecule has 1 fully saturated rings. The molecule has 0 spiro atoms. The minimum atomic E-state index is -3.57. The van der Waals surface area contributed by atoms with Gasteiger partial charge in [-0.2, -0.15) is 0 Å². The van der Waals surface area contributed by atoms with Crippen molar-refractivity contribution in [1.29, 1.82) is 0 Å². The van der Waals surface area contributed by atoms with Crippen molar-refractivity contribution in [3.8, 4) is 0 Å². The molecule has 1 aliphatic heterocycles. The van der Waals surface area contributed by atoms with Crippen LogP contribution in [0.25, 0.3) is 0 Å². The molecule has 0 atom stereocenters. The van der Waals surface area contributed by atoms with E-state index < -0.39 is 10.0 Å². The standard InChI is InChI=1S/C18H21ClN2O2S/c19-17-8-5-9-18(12-17)24(22,23)20-13-15-6-1-2-7-16(15)14-21-10-3-4-11-21/h1-2,5-9,12,20H,3-4,10-11,13-14H2. The van der Waals surface area contributed by atoms with Crippen molar-refractivity contribution in [3.05, 3.63) is 64.7 Å². The van der Waals surface area contributed by atoms with E-state index in [4.69, 9.17) is 11.6 Å². The molecule has 0 bridgehead atoms. The Hall–Kier alpha value is -1.40. The van der Waals surface area contributed by atoms with E-state index in [2.05, 4.69) is 15.7 Å². The van der Waals surface area contributed by atoms with Crippen LogP contribution in [0.4, 0.5) is 0 Å². The summed E-state index contributed by atoms with van der Waals surface area (Å²) < 4.78 is 27.5. The lowest BCUT2D eigenvalue weighted by Gasteiger charge is -2.17. The Morgan fingerprint density at radius 3 is 2.42 bits per heavy atom. The molecule has 1 heterocycles. The highest BCUT2D eigenvalue weighted by atomic mass is 35.5. The maximum Gasteiger partial charge on any atom is 0.240 e. The van der Waals surface area contributed by atoms with Gasteiger partial charge < -0.3 is 0 Å². The molecule has 0 amide bonds. The molecule has 3 rings (SSSR count). The number of halogens is 1. The largest absolute Gasteiger partial charge is 0.299 e. The van der Waals surface area contributed by atoms with Gasteiger partial charge in [0.05, 0.1) is 4.90 Å². The lowest BCUT2D eigenvalue weighted by molar-refractivity contribution is 0.330. The summed E-state index contributed by atoms with van der Waals surface area (Å²) in [5.41, 5.74) is 2.18. The molecular weight excluding hydrogens is 344 g/mol. The van der Waals surface area contributed by atoms with E-state index in [9.17, 15) is 8.42 Å². The second-order valence-corrected chi connectivity index (χ2v) is 8.24. The third-order valence-corrected chi connectivity index (χ3v) is 5.90. The highest BCUT2D eigenvalue weighted by molar-refractivity contribution is 7.89. The van der Waals surface area contributed by atoms with Crippen molar-refractivity contribution in [2.45, 2.75) is 30.8 Å². The molecule has 4 nitrogen and oxygen atoms in total. The fourth-order valence-corrected chi connectivity index (χ4v) is 4.26. The number of likely N-dealkylation sites (tertiary alicyclic amines) is 1. The van der Waals surface area contributed by atoms with Gasteiger partial charge in [0.1, 0.15) is 0 Å².